The number of halogens is 1. The second-order valence-corrected chi connectivity index (χ2v) is 8.18. The van der Waals surface area contributed by atoms with E-state index in [2.05, 4.69) is 6.07 Å². The fourth-order valence-corrected chi connectivity index (χ4v) is 4.83. The van der Waals surface area contributed by atoms with E-state index in [-0.39, 0.29) is 16.5 Å². The first-order chi connectivity index (χ1) is 14.4. The summed E-state index contributed by atoms with van der Waals surface area (Å²) in [6, 6.07) is 13.5. The average Bonchev–Trinajstić information content (AvgIpc) is 3.08. The van der Waals surface area contributed by atoms with Gasteiger partial charge in [0.25, 0.3) is 5.91 Å². The minimum atomic E-state index is -1.08. The van der Waals surface area contributed by atoms with Crippen LogP contribution in [0.5, 0.6) is 5.75 Å². The number of aromatic carboxylic acids is 1. The standard InChI is InChI=1S/C22H15ClN2O4S/c1-25(17-5-3-14(22(27)28)9-16(17)23)21(26)19-10-13-6-7-29-18-8-12(11-24)2-4-15(18)20(13)30-19/h2-5,8-10H,6-7H2,1H3,(H,27,28). The number of benzene rings is 2. The Labute approximate surface area is 181 Å². The summed E-state index contributed by atoms with van der Waals surface area (Å²) in [4.78, 5) is 27.1. The Hall–Kier alpha value is -3.34. The van der Waals surface area contributed by atoms with Crippen LogP contribution in [-0.2, 0) is 6.42 Å². The molecule has 1 aliphatic rings. The average molecular weight is 439 g/mol. The lowest BCUT2D eigenvalue weighted by Gasteiger charge is -2.18. The number of carboxylic acids is 1. The van der Waals surface area contributed by atoms with Gasteiger partial charge in [0.1, 0.15) is 5.75 Å². The number of carbonyl (C=O) groups is 2. The van der Waals surface area contributed by atoms with Crippen LogP contribution >= 0.6 is 22.9 Å². The van der Waals surface area contributed by atoms with E-state index in [1.165, 1.54) is 34.4 Å². The predicted molar refractivity (Wildman–Crippen MR) is 115 cm³/mol. The Morgan fingerprint density at radius 3 is 2.73 bits per heavy atom. The Kier molecular flexibility index (Phi) is 5.20. The number of nitriles is 1. The number of hydrogen-bond acceptors (Lipinski definition) is 5. The summed E-state index contributed by atoms with van der Waals surface area (Å²) in [6.07, 6.45) is 0.646. The van der Waals surface area contributed by atoms with Gasteiger partial charge in [-0.15, -0.1) is 11.3 Å². The molecule has 0 atom stereocenters. The van der Waals surface area contributed by atoms with Crippen LogP contribution in [0.25, 0.3) is 10.4 Å². The summed E-state index contributed by atoms with van der Waals surface area (Å²) in [5.74, 6) is -0.691. The molecule has 8 heteroatoms. The molecule has 2 heterocycles. The van der Waals surface area contributed by atoms with Crippen LogP contribution in [0.15, 0.2) is 42.5 Å². The molecule has 0 radical (unpaired) electrons. The fraction of sp³-hybridized carbons (Fsp3) is 0.136. The van der Waals surface area contributed by atoms with Crippen molar-refractivity contribution in [1.82, 2.24) is 0 Å². The molecule has 3 aromatic rings. The van der Waals surface area contributed by atoms with E-state index in [0.717, 1.165) is 16.0 Å². The molecular weight excluding hydrogens is 424 g/mol. The van der Waals surface area contributed by atoms with Crippen LogP contribution in [0.1, 0.15) is 31.2 Å². The van der Waals surface area contributed by atoms with Gasteiger partial charge >= 0.3 is 5.97 Å². The second-order valence-electron chi connectivity index (χ2n) is 6.72. The molecule has 150 valence electrons. The van der Waals surface area contributed by atoms with Crippen molar-refractivity contribution in [3.63, 3.8) is 0 Å². The zero-order valence-electron chi connectivity index (χ0n) is 15.8. The predicted octanol–water partition coefficient (Wildman–Crippen LogP) is 4.85. The van der Waals surface area contributed by atoms with E-state index < -0.39 is 5.97 Å². The maximum atomic E-state index is 13.1. The van der Waals surface area contributed by atoms with Gasteiger partial charge in [-0.2, -0.15) is 5.26 Å². The summed E-state index contributed by atoms with van der Waals surface area (Å²) < 4.78 is 5.79. The number of ether oxygens (including phenoxy) is 1. The third-order valence-corrected chi connectivity index (χ3v) is 6.37. The Bertz CT molecular complexity index is 1230. The van der Waals surface area contributed by atoms with Crippen molar-refractivity contribution in [3.8, 4) is 22.3 Å². The highest BCUT2D eigenvalue weighted by molar-refractivity contribution is 7.17. The lowest BCUT2D eigenvalue weighted by atomic mass is 10.1. The van der Waals surface area contributed by atoms with E-state index in [9.17, 15) is 9.59 Å². The van der Waals surface area contributed by atoms with Crippen LogP contribution in [0.4, 0.5) is 5.69 Å². The summed E-state index contributed by atoms with van der Waals surface area (Å²) in [7, 11) is 1.60. The Balaban J connectivity index is 1.69. The molecule has 30 heavy (non-hydrogen) atoms. The van der Waals surface area contributed by atoms with Gasteiger partial charge in [-0.3, -0.25) is 4.79 Å². The molecule has 0 saturated heterocycles. The number of hydrogen-bond donors (Lipinski definition) is 1. The highest BCUT2D eigenvalue weighted by Crippen LogP contribution is 2.41. The molecular formula is C22H15ClN2O4S. The van der Waals surface area contributed by atoms with E-state index in [1.807, 2.05) is 12.1 Å². The van der Waals surface area contributed by atoms with Crippen LogP contribution in [0, 0.1) is 11.3 Å². The van der Waals surface area contributed by atoms with E-state index in [4.69, 9.17) is 26.7 Å². The normalized spacial score (nSPS) is 12.0. The van der Waals surface area contributed by atoms with Crippen LogP contribution in [0.2, 0.25) is 5.02 Å². The number of rotatable bonds is 3. The lowest BCUT2D eigenvalue weighted by molar-refractivity contribution is 0.0696. The number of amides is 1. The van der Waals surface area contributed by atoms with Crippen molar-refractivity contribution in [3.05, 3.63) is 69.1 Å². The third-order valence-electron chi connectivity index (χ3n) is 4.86. The highest BCUT2D eigenvalue weighted by atomic mass is 35.5. The van der Waals surface area contributed by atoms with Gasteiger partial charge in [-0.05, 0) is 48.0 Å². The number of thiophene rings is 1. The highest BCUT2D eigenvalue weighted by Gasteiger charge is 2.24. The smallest absolute Gasteiger partial charge is 0.335 e. The first kappa shape index (κ1) is 20.0. The monoisotopic (exact) mass is 438 g/mol. The molecule has 0 aliphatic carbocycles. The largest absolute Gasteiger partial charge is 0.493 e. The summed E-state index contributed by atoms with van der Waals surface area (Å²) in [5, 5.41) is 18.4. The first-order valence-electron chi connectivity index (χ1n) is 9.00. The molecule has 1 N–H and O–H groups in total. The first-order valence-corrected chi connectivity index (χ1v) is 10.2. The Morgan fingerprint density at radius 1 is 1.23 bits per heavy atom. The fourth-order valence-electron chi connectivity index (χ4n) is 3.30. The maximum absolute atomic E-state index is 13.1. The number of carboxylic acid groups (broad SMARTS) is 1. The van der Waals surface area contributed by atoms with Crippen molar-refractivity contribution in [2.75, 3.05) is 18.6 Å². The zero-order valence-corrected chi connectivity index (χ0v) is 17.4. The van der Waals surface area contributed by atoms with Gasteiger partial charge in [-0.1, -0.05) is 11.6 Å². The van der Waals surface area contributed by atoms with Crippen molar-refractivity contribution in [2.45, 2.75) is 6.42 Å². The molecule has 0 fully saturated rings. The van der Waals surface area contributed by atoms with Crippen molar-refractivity contribution >= 4 is 40.5 Å². The van der Waals surface area contributed by atoms with Crippen LogP contribution in [-0.4, -0.2) is 30.6 Å². The minimum Gasteiger partial charge on any atom is -0.493 e. The molecule has 0 unspecified atom stereocenters. The van der Waals surface area contributed by atoms with E-state index in [0.29, 0.717) is 34.9 Å². The number of fused-ring (bicyclic) bond motifs is 3. The molecule has 4 rings (SSSR count). The summed E-state index contributed by atoms with van der Waals surface area (Å²) in [6.45, 7) is 0.456. The number of anilines is 1. The van der Waals surface area contributed by atoms with E-state index in [1.54, 1.807) is 19.2 Å². The van der Waals surface area contributed by atoms with Gasteiger partial charge < -0.3 is 14.7 Å². The Morgan fingerprint density at radius 2 is 2.03 bits per heavy atom. The van der Waals surface area contributed by atoms with Gasteiger partial charge in [0.05, 0.1) is 39.4 Å². The van der Waals surface area contributed by atoms with Crippen LogP contribution in [0.3, 0.4) is 0 Å². The molecule has 1 aromatic heterocycles. The SMILES string of the molecule is CN(C(=O)c1cc2c(s1)-c1ccc(C#N)cc1OCC2)c1ccc(C(=O)O)cc1Cl. The van der Waals surface area contributed by atoms with Crippen molar-refractivity contribution in [1.29, 1.82) is 5.26 Å². The van der Waals surface area contributed by atoms with Gasteiger partial charge in [0.15, 0.2) is 0 Å². The third kappa shape index (κ3) is 3.52. The lowest BCUT2D eigenvalue weighted by Crippen LogP contribution is -2.25. The number of nitrogens with zero attached hydrogens (tertiary/aromatic N) is 2. The number of carbonyl (C=O) groups excluding carboxylic acids is 1. The molecule has 2 aromatic carbocycles. The molecule has 1 amide bonds. The topological polar surface area (TPSA) is 90.6 Å². The van der Waals surface area contributed by atoms with Gasteiger partial charge in [0.2, 0.25) is 0 Å². The quantitative estimate of drug-likeness (QED) is 0.631. The van der Waals surface area contributed by atoms with Crippen LogP contribution < -0.4 is 9.64 Å². The van der Waals surface area contributed by atoms with E-state index >= 15 is 0 Å². The van der Waals surface area contributed by atoms with Crippen molar-refractivity contribution < 1.29 is 19.4 Å². The minimum absolute atomic E-state index is 0.0563. The molecule has 0 saturated carbocycles. The van der Waals surface area contributed by atoms with Gasteiger partial charge in [-0.25, -0.2) is 4.79 Å². The molecule has 0 bridgehead atoms. The molecule has 1 aliphatic heterocycles. The van der Waals surface area contributed by atoms with Crippen molar-refractivity contribution in [2.24, 2.45) is 0 Å². The summed E-state index contributed by atoms with van der Waals surface area (Å²) in [5.41, 5.74) is 2.87. The molecule has 0 spiro atoms. The van der Waals surface area contributed by atoms with Gasteiger partial charge in [0, 0.05) is 23.9 Å². The second kappa shape index (κ2) is 7.82. The maximum Gasteiger partial charge on any atom is 0.335 e. The molecule has 6 nitrogen and oxygen atoms in total. The zero-order chi connectivity index (χ0) is 21.4. The summed E-state index contributed by atoms with van der Waals surface area (Å²) >= 11 is 7.58.